The molecule has 0 aliphatic heterocycles. The Morgan fingerprint density at radius 2 is 2.20 bits per heavy atom. The Bertz CT molecular complexity index is 679. The van der Waals surface area contributed by atoms with E-state index in [1.807, 2.05) is 0 Å². The first-order valence-electron chi connectivity index (χ1n) is 5.77. The van der Waals surface area contributed by atoms with Gasteiger partial charge in [0.05, 0.1) is 0 Å². The van der Waals surface area contributed by atoms with Crippen LogP contribution >= 0.6 is 11.3 Å². The summed E-state index contributed by atoms with van der Waals surface area (Å²) < 4.78 is 0. The Morgan fingerprint density at radius 1 is 1.45 bits per heavy atom. The SMILES string of the molecule is C/C(=N/O)c1csc(NC(=O)c2ccc(O)c(C)c2)n1. The van der Waals surface area contributed by atoms with Crippen molar-refractivity contribution in [3.63, 3.8) is 0 Å². The molecule has 0 spiro atoms. The first kappa shape index (κ1) is 14.0. The number of aromatic hydroxyl groups is 1. The second-order valence-electron chi connectivity index (χ2n) is 4.18. The second kappa shape index (κ2) is 5.70. The van der Waals surface area contributed by atoms with Crippen molar-refractivity contribution in [2.24, 2.45) is 5.16 Å². The highest BCUT2D eigenvalue weighted by Crippen LogP contribution is 2.20. The van der Waals surface area contributed by atoms with Crippen LogP contribution in [0.5, 0.6) is 5.75 Å². The van der Waals surface area contributed by atoms with Crippen LogP contribution in [0.15, 0.2) is 28.7 Å². The van der Waals surface area contributed by atoms with Gasteiger partial charge in [-0.25, -0.2) is 4.98 Å². The number of aromatic nitrogens is 1. The van der Waals surface area contributed by atoms with E-state index in [1.54, 1.807) is 25.3 Å². The minimum absolute atomic E-state index is 0.146. The van der Waals surface area contributed by atoms with E-state index < -0.39 is 0 Å². The van der Waals surface area contributed by atoms with E-state index in [-0.39, 0.29) is 11.7 Å². The number of oxime groups is 1. The van der Waals surface area contributed by atoms with Gasteiger partial charge in [0.2, 0.25) is 0 Å². The van der Waals surface area contributed by atoms with E-state index >= 15 is 0 Å². The number of phenolic OH excluding ortho intramolecular Hbond substituents is 1. The van der Waals surface area contributed by atoms with E-state index in [9.17, 15) is 9.90 Å². The average Bonchev–Trinajstić information content (AvgIpc) is 2.89. The fourth-order valence-electron chi connectivity index (χ4n) is 1.51. The highest BCUT2D eigenvalue weighted by molar-refractivity contribution is 7.14. The largest absolute Gasteiger partial charge is 0.508 e. The van der Waals surface area contributed by atoms with Gasteiger partial charge >= 0.3 is 0 Å². The Labute approximate surface area is 119 Å². The van der Waals surface area contributed by atoms with Crippen LogP contribution in [-0.2, 0) is 0 Å². The van der Waals surface area contributed by atoms with Crippen molar-refractivity contribution < 1.29 is 15.1 Å². The zero-order valence-electron chi connectivity index (χ0n) is 10.9. The lowest BCUT2D eigenvalue weighted by Crippen LogP contribution is -2.12. The van der Waals surface area contributed by atoms with E-state index in [0.29, 0.717) is 27.7 Å². The first-order chi connectivity index (χ1) is 9.51. The normalized spacial score (nSPS) is 11.4. The van der Waals surface area contributed by atoms with Crippen molar-refractivity contribution in [1.82, 2.24) is 4.98 Å². The number of carbonyl (C=O) groups is 1. The van der Waals surface area contributed by atoms with Gasteiger partial charge in [0.25, 0.3) is 5.91 Å². The molecule has 1 heterocycles. The van der Waals surface area contributed by atoms with Crippen LogP contribution in [0.4, 0.5) is 5.13 Å². The molecule has 2 rings (SSSR count). The average molecular weight is 291 g/mol. The summed E-state index contributed by atoms with van der Waals surface area (Å²) in [4.78, 5) is 16.2. The van der Waals surface area contributed by atoms with Crippen LogP contribution in [-0.4, -0.2) is 26.9 Å². The molecule has 1 amide bonds. The van der Waals surface area contributed by atoms with E-state index in [2.05, 4.69) is 15.5 Å². The van der Waals surface area contributed by atoms with Gasteiger partial charge in [-0.2, -0.15) is 0 Å². The molecular formula is C13H13N3O3S. The van der Waals surface area contributed by atoms with Gasteiger partial charge in [0, 0.05) is 10.9 Å². The quantitative estimate of drug-likeness (QED) is 0.460. The zero-order valence-corrected chi connectivity index (χ0v) is 11.7. The van der Waals surface area contributed by atoms with Crippen LogP contribution in [0, 0.1) is 6.92 Å². The summed E-state index contributed by atoms with van der Waals surface area (Å²) in [7, 11) is 0. The van der Waals surface area contributed by atoms with Gasteiger partial charge in [-0.3, -0.25) is 10.1 Å². The number of aryl methyl sites for hydroxylation is 1. The van der Waals surface area contributed by atoms with Crippen LogP contribution in [0.3, 0.4) is 0 Å². The number of nitrogens with one attached hydrogen (secondary N) is 1. The predicted molar refractivity (Wildman–Crippen MR) is 76.9 cm³/mol. The van der Waals surface area contributed by atoms with Gasteiger partial charge in [0.1, 0.15) is 17.2 Å². The van der Waals surface area contributed by atoms with Gasteiger partial charge < -0.3 is 10.3 Å². The standard InChI is InChI=1S/C13H13N3O3S/c1-7-5-9(3-4-11(7)17)12(18)15-13-14-10(6-20-13)8(2)16-19/h3-6,17,19H,1-2H3,(H,14,15,18)/b16-8-. The summed E-state index contributed by atoms with van der Waals surface area (Å²) in [6, 6.07) is 4.60. The third-order valence-electron chi connectivity index (χ3n) is 2.70. The minimum Gasteiger partial charge on any atom is -0.508 e. The topological polar surface area (TPSA) is 94.8 Å². The van der Waals surface area contributed by atoms with E-state index in [0.717, 1.165) is 0 Å². The van der Waals surface area contributed by atoms with E-state index in [4.69, 9.17) is 5.21 Å². The molecule has 0 unspecified atom stereocenters. The van der Waals surface area contributed by atoms with Crippen LogP contribution in [0.1, 0.15) is 28.5 Å². The summed E-state index contributed by atoms with van der Waals surface area (Å²) in [6.07, 6.45) is 0. The lowest BCUT2D eigenvalue weighted by molar-refractivity contribution is 0.102. The Hall–Kier alpha value is -2.41. The summed E-state index contributed by atoms with van der Waals surface area (Å²) in [5, 5.41) is 25.9. The number of hydrogen-bond donors (Lipinski definition) is 3. The van der Waals surface area contributed by atoms with Crippen molar-refractivity contribution >= 4 is 28.1 Å². The smallest absolute Gasteiger partial charge is 0.257 e. The molecule has 0 atom stereocenters. The summed E-state index contributed by atoms with van der Waals surface area (Å²) in [6.45, 7) is 3.33. The third-order valence-corrected chi connectivity index (χ3v) is 3.46. The number of anilines is 1. The van der Waals surface area contributed by atoms with Crippen molar-refractivity contribution in [2.75, 3.05) is 5.32 Å². The number of phenols is 1. The lowest BCUT2D eigenvalue weighted by atomic mass is 10.1. The molecule has 104 valence electrons. The van der Waals surface area contributed by atoms with Gasteiger partial charge in [-0.15, -0.1) is 11.3 Å². The van der Waals surface area contributed by atoms with Crippen molar-refractivity contribution in [3.8, 4) is 5.75 Å². The number of rotatable bonds is 3. The molecule has 7 heteroatoms. The Kier molecular flexibility index (Phi) is 3.99. The molecule has 3 N–H and O–H groups in total. The Morgan fingerprint density at radius 3 is 2.85 bits per heavy atom. The van der Waals surface area contributed by atoms with Crippen LogP contribution in [0.25, 0.3) is 0 Å². The number of hydrogen-bond acceptors (Lipinski definition) is 6. The molecule has 1 aromatic heterocycles. The van der Waals surface area contributed by atoms with Crippen molar-refractivity contribution in [3.05, 3.63) is 40.4 Å². The molecule has 0 saturated heterocycles. The summed E-state index contributed by atoms with van der Waals surface area (Å²) >= 11 is 1.24. The lowest BCUT2D eigenvalue weighted by Gasteiger charge is -2.04. The summed E-state index contributed by atoms with van der Waals surface area (Å²) in [5.74, 6) is -0.166. The molecule has 0 saturated carbocycles. The summed E-state index contributed by atoms with van der Waals surface area (Å²) in [5.41, 5.74) is 1.95. The monoisotopic (exact) mass is 291 g/mol. The van der Waals surface area contributed by atoms with Crippen LogP contribution in [0.2, 0.25) is 0 Å². The number of nitrogens with zero attached hydrogens (tertiary/aromatic N) is 2. The molecule has 6 nitrogen and oxygen atoms in total. The van der Waals surface area contributed by atoms with Crippen molar-refractivity contribution in [1.29, 1.82) is 0 Å². The molecule has 0 bridgehead atoms. The van der Waals surface area contributed by atoms with Crippen LogP contribution < -0.4 is 5.32 Å². The van der Waals surface area contributed by atoms with Gasteiger partial charge in [-0.1, -0.05) is 5.16 Å². The fourth-order valence-corrected chi connectivity index (χ4v) is 2.26. The third kappa shape index (κ3) is 2.94. The molecule has 20 heavy (non-hydrogen) atoms. The molecule has 0 aliphatic rings. The van der Waals surface area contributed by atoms with Gasteiger partial charge in [-0.05, 0) is 37.6 Å². The maximum Gasteiger partial charge on any atom is 0.257 e. The van der Waals surface area contributed by atoms with Crippen molar-refractivity contribution in [2.45, 2.75) is 13.8 Å². The Balaban J connectivity index is 2.15. The van der Waals surface area contributed by atoms with E-state index in [1.165, 1.54) is 23.5 Å². The number of amides is 1. The molecule has 0 fully saturated rings. The molecule has 0 radical (unpaired) electrons. The highest BCUT2D eigenvalue weighted by atomic mass is 32.1. The number of thiazole rings is 1. The number of benzene rings is 1. The second-order valence-corrected chi connectivity index (χ2v) is 5.04. The molecular weight excluding hydrogens is 278 g/mol. The first-order valence-corrected chi connectivity index (χ1v) is 6.64. The number of carbonyl (C=O) groups excluding carboxylic acids is 1. The molecule has 0 aliphatic carbocycles. The maximum absolute atomic E-state index is 12.0. The molecule has 1 aromatic carbocycles. The predicted octanol–water partition coefficient (Wildman–Crippen LogP) is 2.61. The minimum atomic E-state index is -0.312. The zero-order chi connectivity index (χ0) is 14.7. The molecule has 2 aromatic rings. The highest BCUT2D eigenvalue weighted by Gasteiger charge is 2.11. The fraction of sp³-hybridized carbons (Fsp3) is 0.154. The maximum atomic E-state index is 12.0. The van der Waals surface area contributed by atoms with Gasteiger partial charge in [0.15, 0.2) is 5.13 Å².